The van der Waals surface area contributed by atoms with Gasteiger partial charge in [-0.15, -0.1) is 11.3 Å². The smallest absolute Gasteiger partial charge is 0.326 e. The maximum absolute atomic E-state index is 11.5. The van der Waals surface area contributed by atoms with E-state index in [-0.39, 0.29) is 0 Å². The minimum absolute atomic E-state index is 0.306. The van der Waals surface area contributed by atoms with Crippen molar-refractivity contribution < 1.29 is 9.90 Å². The molecule has 1 aliphatic rings. The summed E-state index contributed by atoms with van der Waals surface area (Å²) in [5.74, 6) is 0.851. The third-order valence-corrected chi connectivity index (χ3v) is 5.18. The lowest BCUT2D eigenvalue weighted by Gasteiger charge is -2.18. The molecule has 0 fully saturated rings. The molecule has 6 heteroatoms. The molecule has 0 aromatic carbocycles. The molecule has 0 bridgehead atoms. The van der Waals surface area contributed by atoms with Crippen LogP contribution in [0.4, 0.5) is 5.82 Å². The number of carboxylic acids is 1. The van der Waals surface area contributed by atoms with Crippen molar-refractivity contribution in [3.8, 4) is 0 Å². The van der Waals surface area contributed by atoms with Crippen molar-refractivity contribution in [2.45, 2.75) is 52.5 Å². The lowest BCUT2D eigenvalue weighted by atomic mass is 10.0. The summed E-state index contributed by atoms with van der Waals surface area (Å²) >= 11 is 1.73. The molecule has 2 aromatic rings. The molecule has 0 amide bonds. The number of thiophene rings is 1. The SMILES string of the molecule is Cc1nc(NC(CC(C)C)C(=O)O)c2c3c(sc2n1)CCC3. The summed E-state index contributed by atoms with van der Waals surface area (Å²) in [4.78, 5) is 22.9. The van der Waals surface area contributed by atoms with Gasteiger partial charge in [-0.2, -0.15) is 0 Å². The fourth-order valence-corrected chi connectivity index (χ4v) is 4.37. The summed E-state index contributed by atoms with van der Waals surface area (Å²) in [6, 6.07) is -0.616. The number of hydrogen-bond acceptors (Lipinski definition) is 5. The molecule has 1 unspecified atom stereocenters. The standard InChI is InChI=1S/C16H21N3O2S/c1-8(2)7-11(16(20)21)19-14-13-10-5-4-6-12(10)22-15(13)18-9(3)17-14/h8,11H,4-7H2,1-3H3,(H,20,21)(H,17,18,19). The van der Waals surface area contributed by atoms with E-state index in [9.17, 15) is 9.90 Å². The summed E-state index contributed by atoms with van der Waals surface area (Å²) in [6.45, 7) is 5.91. The number of nitrogens with one attached hydrogen (secondary N) is 1. The van der Waals surface area contributed by atoms with Crippen LogP contribution in [-0.2, 0) is 17.6 Å². The summed E-state index contributed by atoms with van der Waals surface area (Å²) in [5, 5.41) is 13.7. The summed E-state index contributed by atoms with van der Waals surface area (Å²) in [6.07, 6.45) is 3.88. The van der Waals surface area contributed by atoms with E-state index >= 15 is 0 Å². The fraction of sp³-hybridized carbons (Fsp3) is 0.562. The first kappa shape index (κ1) is 15.2. The third kappa shape index (κ3) is 2.79. The first-order valence-corrected chi connectivity index (χ1v) is 8.55. The zero-order valence-corrected chi connectivity index (χ0v) is 14.0. The first-order chi connectivity index (χ1) is 10.5. The normalized spacial score (nSPS) is 15.3. The molecule has 0 aliphatic heterocycles. The van der Waals surface area contributed by atoms with Gasteiger partial charge in [0.25, 0.3) is 0 Å². The second-order valence-corrected chi connectivity index (χ2v) is 7.41. The van der Waals surface area contributed by atoms with Crippen LogP contribution in [0.15, 0.2) is 0 Å². The molecule has 2 aromatic heterocycles. The van der Waals surface area contributed by atoms with Crippen molar-refractivity contribution in [3.63, 3.8) is 0 Å². The first-order valence-electron chi connectivity index (χ1n) is 7.74. The summed E-state index contributed by atoms with van der Waals surface area (Å²) in [5.41, 5.74) is 1.32. The molecule has 0 saturated heterocycles. The van der Waals surface area contributed by atoms with Gasteiger partial charge >= 0.3 is 5.97 Å². The Kier molecular flexibility index (Phi) is 4.04. The highest BCUT2D eigenvalue weighted by molar-refractivity contribution is 7.19. The van der Waals surface area contributed by atoms with E-state index in [2.05, 4.69) is 15.3 Å². The van der Waals surface area contributed by atoms with E-state index in [1.54, 1.807) is 11.3 Å². The Morgan fingerprint density at radius 2 is 2.14 bits per heavy atom. The van der Waals surface area contributed by atoms with Crippen molar-refractivity contribution in [2.24, 2.45) is 5.92 Å². The number of fused-ring (bicyclic) bond motifs is 3. The van der Waals surface area contributed by atoms with Gasteiger partial charge in [-0.3, -0.25) is 0 Å². The molecular weight excluding hydrogens is 298 g/mol. The largest absolute Gasteiger partial charge is 0.480 e. The lowest BCUT2D eigenvalue weighted by molar-refractivity contribution is -0.138. The average Bonchev–Trinajstić information content (AvgIpc) is 2.96. The lowest BCUT2D eigenvalue weighted by Crippen LogP contribution is -2.31. The van der Waals surface area contributed by atoms with Crippen LogP contribution >= 0.6 is 11.3 Å². The van der Waals surface area contributed by atoms with Crippen LogP contribution in [0, 0.1) is 12.8 Å². The Morgan fingerprint density at radius 1 is 1.36 bits per heavy atom. The second kappa shape index (κ2) is 5.83. The van der Waals surface area contributed by atoms with E-state index in [0.29, 0.717) is 24.0 Å². The maximum Gasteiger partial charge on any atom is 0.326 e. The summed E-state index contributed by atoms with van der Waals surface area (Å²) < 4.78 is 0. The fourth-order valence-electron chi connectivity index (χ4n) is 3.06. The van der Waals surface area contributed by atoms with Gasteiger partial charge in [0.15, 0.2) is 0 Å². The van der Waals surface area contributed by atoms with E-state index < -0.39 is 12.0 Å². The van der Waals surface area contributed by atoms with Crippen LogP contribution in [0.2, 0.25) is 0 Å². The molecule has 118 valence electrons. The van der Waals surface area contributed by atoms with Crippen molar-refractivity contribution in [3.05, 3.63) is 16.3 Å². The highest BCUT2D eigenvalue weighted by Gasteiger charge is 2.25. The second-order valence-electron chi connectivity index (χ2n) is 6.32. The van der Waals surface area contributed by atoms with Gasteiger partial charge in [-0.05, 0) is 44.1 Å². The molecule has 2 N–H and O–H groups in total. The van der Waals surface area contributed by atoms with E-state index in [4.69, 9.17) is 0 Å². The predicted octanol–water partition coefficient (Wildman–Crippen LogP) is 3.40. The van der Waals surface area contributed by atoms with Crippen molar-refractivity contribution in [1.29, 1.82) is 0 Å². The molecule has 0 radical (unpaired) electrons. The Bertz CT molecular complexity index is 724. The Hall–Kier alpha value is -1.69. The Balaban J connectivity index is 2.03. The maximum atomic E-state index is 11.5. The summed E-state index contributed by atoms with van der Waals surface area (Å²) in [7, 11) is 0. The van der Waals surface area contributed by atoms with Crippen molar-refractivity contribution >= 4 is 33.3 Å². The van der Waals surface area contributed by atoms with Crippen LogP contribution in [-0.4, -0.2) is 27.1 Å². The average molecular weight is 319 g/mol. The number of hydrogen-bond donors (Lipinski definition) is 2. The highest BCUT2D eigenvalue weighted by Crippen LogP contribution is 2.39. The van der Waals surface area contributed by atoms with Gasteiger partial charge in [0, 0.05) is 4.88 Å². The van der Waals surface area contributed by atoms with Gasteiger partial charge in [0.2, 0.25) is 0 Å². The van der Waals surface area contributed by atoms with Crippen LogP contribution in [0.3, 0.4) is 0 Å². The molecule has 1 atom stereocenters. The zero-order valence-electron chi connectivity index (χ0n) is 13.1. The number of nitrogens with zero attached hydrogens (tertiary/aromatic N) is 2. The molecule has 5 nitrogen and oxygen atoms in total. The van der Waals surface area contributed by atoms with E-state index in [1.807, 2.05) is 20.8 Å². The number of carbonyl (C=O) groups is 1. The Labute approximate surface area is 133 Å². The van der Waals surface area contributed by atoms with Gasteiger partial charge < -0.3 is 10.4 Å². The third-order valence-electron chi connectivity index (χ3n) is 3.99. The molecule has 0 spiro atoms. The molecule has 22 heavy (non-hydrogen) atoms. The monoisotopic (exact) mass is 319 g/mol. The topological polar surface area (TPSA) is 75.1 Å². The van der Waals surface area contributed by atoms with Crippen LogP contribution in [0.1, 0.15) is 43.0 Å². The molecular formula is C16H21N3O2S. The zero-order chi connectivity index (χ0) is 15.9. The number of aromatic nitrogens is 2. The highest BCUT2D eigenvalue weighted by atomic mass is 32.1. The number of rotatable bonds is 5. The molecule has 0 saturated carbocycles. The van der Waals surface area contributed by atoms with Gasteiger partial charge in [-0.1, -0.05) is 13.8 Å². The number of aliphatic carboxylic acids is 1. The minimum Gasteiger partial charge on any atom is -0.480 e. The van der Waals surface area contributed by atoms with Crippen LogP contribution in [0.5, 0.6) is 0 Å². The minimum atomic E-state index is -0.829. The van der Waals surface area contributed by atoms with E-state index in [0.717, 1.165) is 23.1 Å². The van der Waals surface area contributed by atoms with Crippen molar-refractivity contribution in [2.75, 3.05) is 5.32 Å². The predicted molar refractivity (Wildman–Crippen MR) is 88.7 cm³/mol. The molecule has 2 heterocycles. The molecule has 3 rings (SSSR count). The van der Waals surface area contributed by atoms with Crippen LogP contribution in [0.25, 0.3) is 10.2 Å². The van der Waals surface area contributed by atoms with Gasteiger partial charge in [0.05, 0.1) is 5.39 Å². The number of aryl methyl sites for hydroxylation is 3. The van der Waals surface area contributed by atoms with E-state index in [1.165, 1.54) is 16.9 Å². The molecule has 1 aliphatic carbocycles. The van der Waals surface area contributed by atoms with Gasteiger partial charge in [0.1, 0.15) is 22.5 Å². The van der Waals surface area contributed by atoms with Crippen molar-refractivity contribution in [1.82, 2.24) is 9.97 Å². The van der Waals surface area contributed by atoms with Crippen LogP contribution < -0.4 is 5.32 Å². The van der Waals surface area contributed by atoms with Gasteiger partial charge in [-0.25, -0.2) is 14.8 Å². The quantitative estimate of drug-likeness (QED) is 0.883. The number of anilines is 1. The Morgan fingerprint density at radius 3 is 2.82 bits per heavy atom. The number of carboxylic acid groups (broad SMARTS) is 1.